The van der Waals surface area contributed by atoms with Crippen molar-refractivity contribution < 1.29 is 32.3 Å². The molecule has 1 spiro atoms. The third-order valence-corrected chi connectivity index (χ3v) is 7.79. The molecule has 2 heterocycles. The van der Waals surface area contributed by atoms with Gasteiger partial charge in [0.05, 0.1) is 6.07 Å². The highest BCUT2D eigenvalue weighted by atomic mass is 19.4. The van der Waals surface area contributed by atoms with Crippen molar-refractivity contribution in [2.75, 3.05) is 6.54 Å². The molecule has 3 N–H and O–H groups in total. The van der Waals surface area contributed by atoms with Crippen molar-refractivity contribution in [3.8, 4) is 6.07 Å². The van der Waals surface area contributed by atoms with Gasteiger partial charge in [0.15, 0.2) is 0 Å². The Kier molecular flexibility index (Phi) is 6.05. The Morgan fingerprint density at radius 1 is 1.20 bits per heavy atom. The fraction of sp³-hybridized carbons (Fsp3) is 0.783. The number of rotatable bonds is 6. The first-order valence-corrected chi connectivity index (χ1v) is 11.9. The zero-order chi connectivity index (χ0) is 25.9. The molecular weight excluding hydrogens is 467 g/mol. The molecule has 4 rings (SSSR count). The lowest BCUT2D eigenvalue weighted by molar-refractivity contribution is -0.176. The van der Waals surface area contributed by atoms with E-state index in [9.17, 15) is 37.6 Å². The lowest BCUT2D eigenvalue weighted by Gasteiger charge is -2.36. The monoisotopic (exact) mass is 497 g/mol. The molecule has 0 aromatic carbocycles. The standard InChI is InChI=1S/C23H30F3N5O4/c1-21(2,3)15(30-20(35)23(24,25)26)19(34)31-7-6-22(4-5-22)16(31)18(33)28-11(10-27)8-13-12-9-14(12)29-17(13)32/h11-16H,4-9H2,1-3H3,(H,28,33)(H,29,32)(H,30,35)/t11-,12-,13+,14-,15+,16+/m0/s1. The van der Waals surface area contributed by atoms with Gasteiger partial charge in [0.1, 0.15) is 18.1 Å². The van der Waals surface area contributed by atoms with Gasteiger partial charge >= 0.3 is 12.1 Å². The number of amides is 4. The van der Waals surface area contributed by atoms with Crippen molar-refractivity contribution in [1.29, 1.82) is 5.26 Å². The summed E-state index contributed by atoms with van der Waals surface area (Å²) >= 11 is 0. The highest BCUT2D eigenvalue weighted by molar-refractivity contribution is 5.95. The van der Waals surface area contributed by atoms with Crippen molar-refractivity contribution in [2.24, 2.45) is 22.7 Å². The largest absolute Gasteiger partial charge is 0.471 e. The van der Waals surface area contributed by atoms with Crippen molar-refractivity contribution in [3.05, 3.63) is 0 Å². The molecule has 9 nitrogen and oxygen atoms in total. The average Bonchev–Trinajstić information content (AvgIpc) is 3.62. The smallest absolute Gasteiger partial charge is 0.353 e. The lowest BCUT2D eigenvalue weighted by Crippen LogP contribution is -2.60. The SMILES string of the molecule is CC(C)(C)[C@H](NC(=O)C(F)(F)F)C(=O)N1CCC2(CC2)[C@H]1C(=O)N[C@H](C#N)C[C@H]1C(=O)N[C@H]2C[C@H]21. The number of alkyl halides is 3. The number of nitrogens with one attached hydrogen (secondary N) is 3. The average molecular weight is 498 g/mol. The Labute approximate surface area is 201 Å². The number of likely N-dealkylation sites (tertiary alicyclic amines) is 1. The Hall–Kier alpha value is -2.84. The Balaban J connectivity index is 1.50. The molecule has 35 heavy (non-hydrogen) atoms. The highest BCUT2D eigenvalue weighted by Gasteiger charge is 2.61. The third kappa shape index (κ3) is 4.82. The zero-order valence-electron chi connectivity index (χ0n) is 19.9. The Morgan fingerprint density at radius 2 is 1.86 bits per heavy atom. The summed E-state index contributed by atoms with van der Waals surface area (Å²) in [5.74, 6) is -3.86. The maximum Gasteiger partial charge on any atom is 0.471 e. The topological polar surface area (TPSA) is 131 Å². The summed E-state index contributed by atoms with van der Waals surface area (Å²) < 4.78 is 38.8. The third-order valence-electron chi connectivity index (χ3n) is 7.79. The molecule has 2 aliphatic carbocycles. The minimum Gasteiger partial charge on any atom is -0.353 e. The van der Waals surface area contributed by atoms with E-state index in [1.165, 1.54) is 25.7 Å². The van der Waals surface area contributed by atoms with E-state index in [1.54, 1.807) is 0 Å². The number of nitriles is 1. The number of hydrogen-bond donors (Lipinski definition) is 3. The van der Waals surface area contributed by atoms with Crippen LogP contribution in [0.5, 0.6) is 0 Å². The molecule has 6 atom stereocenters. The molecule has 2 aliphatic heterocycles. The molecule has 192 valence electrons. The quantitative estimate of drug-likeness (QED) is 0.504. The first-order chi connectivity index (χ1) is 16.2. The normalized spacial score (nSPS) is 30.1. The van der Waals surface area contributed by atoms with Gasteiger partial charge in [0.2, 0.25) is 17.7 Å². The van der Waals surface area contributed by atoms with E-state index in [0.717, 1.165) is 6.42 Å². The van der Waals surface area contributed by atoms with Crippen LogP contribution in [0.1, 0.15) is 52.9 Å². The molecule has 2 saturated carbocycles. The second-order valence-electron chi connectivity index (χ2n) is 11.4. The highest BCUT2D eigenvalue weighted by Crippen LogP contribution is 2.57. The van der Waals surface area contributed by atoms with E-state index >= 15 is 0 Å². The first-order valence-electron chi connectivity index (χ1n) is 11.9. The van der Waals surface area contributed by atoms with Crippen molar-refractivity contribution in [2.45, 2.75) is 83.2 Å². The fourth-order valence-corrected chi connectivity index (χ4v) is 5.55. The van der Waals surface area contributed by atoms with Crippen LogP contribution in [-0.4, -0.2) is 65.4 Å². The van der Waals surface area contributed by atoms with E-state index in [1.807, 2.05) is 11.4 Å². The number of piperidine rings is 1. The molecule has 0 radical (unpaired) electrons. The van der Waals surface area contributed by atoms with Crippen LogP contribution in [0, 0.1) is 34.0 Å². The minimum absolute atomic E-state index is 0.134. The zero-order valence-corrected chi connectivity index (χ0v) is 19.9. The molecule has 0 unspecified atom stereocenters. The van der Waals surface area contributed by atoms with E-state index in [0.29, 0.717) is 19.3 Å². The summed E-state index contributed by atoms with van der Waals surface area (Å²) in [5.41, 5.74) is -1.54. The number of carbonyl (C=O) groups excluding carboxylic acids is 4. The van der Waals surface area contributed by atoms with Crippen LogP contribution < -0.4 is 16.0 Å². The minimum atomic E-state index is -5.16. The van der Waals surface area contributed by atoms with Crippen LogP contribution in [-0.2, 0) is 19.2 Å². The van der Waals surface area contributed by atoms with Gasteiger partial charge in [-0.2, -0.15) is 18.4 Å². The number of carbonyl (C=O) groups is 4. The van der Waals surface area contributed by atoms with Gasteiger partial charge in [0, 0.05) is 23.9 Å². The van der Waals surface area contributed by atoms with Crippen molar-refractivity contribution in [1.82, 2.24) is 20.9 Å². The van der Waals surface area contributed by atoms with E-state index in [4.69, 9.17) is 0 Å². The molecular formula is C23H30F3N5O4. The second kappa shape index (κ2) is 8.38. The number of nitrogens with zero attached hydrogens (tertiary/aromatic N) is 2. The van der Waals surface area contributed by atoms with E-state index in [2.05, 4.69) is 10.6 Å². The van der Waals surface area contributed by atoms with Crippen LogP contribution in [0.3, 0.4) is 0 Å². The molecule has 12 heteroatoms. The van der Waals surface area contributed by atoms with Gasteiger partial charge in [-0.25, -0.2) is 0 Å². The maximum atomic E-state index is 13.5. The summed E-state index contributed by atoms with van der Waals surface area (Å²) in [6.45, 7) is 4.77. The summed E-state index contributed by atoms with van der Waals surface area (Å²) in [6.07, 6.45) is -2.28. The molecule has 2 saturated heterocycles. The van der Waals surface area contributed by atoms with Gasteiger partial charge < -0.3 is 20.9 Å². The van der Waals surface area contributed by atoms with Gasteiger partial charge in [-0.05, 0) is 43.4 Å². The fourth-order valence-electron chi connectivity index (χ4n) is 5.55. The van der Waals surface area contributed by atoms with Gasteiger partial charge in [-0.15, -0.1) is 0 Å². The van der Waals surface area contributed by atoms with E-state index < -0.39 is 52.9 Å². The Bertz CT molecular complexity index is 981. The van der Waals surface area contributed by atoms with Crippen LogP contribution >= 0.6 is 0 Å². The maximum absolute atomic E-state index is 13.5. The van der Waals surface area contributed by atoms with Gasteiger partial charge in [0.25, 0.3) is 0 Å². The molecule has 4 fully saturated rings. The Morgan fingerprint density at radius 3 is 2.34 bits per heavy atom. The van der Waals surface area contributed by atoms with Crippen LogP contribution in [0.4, 0.5) is 13.2 Å². The molecule has 0 bridgehead atoms. The number of fused-ring (bicyclic) bond motifs is 1. The van der Waals surface area contributed by atoms with Crippen molar-refractivity contribution >= 4 is 23.6 Å². The predicted molar refractivity (Wildman–Crippen MR) is 115 cm³/mol. The molecule has 0 aromatic heterocycles. The molecule has 0 aromatic rings. The summed E-state index contributed by atoms with van der Waals surface area (Å²) in [5, 5.41) is 17.0. The van der Waals surface area contributed by atoms with Gasteiger partial charge in [-0.3, -0.25) is 19.2 Å². The number of halogens is 3. The van der Waals surface area contributed by atoms with Gasteiger partial charge in [-0.1, -0.05) is 20.8 Å². The summed E-state index contributed by atoms with van der Waals surface area (Å²) in [7, 11) is 0. The molecule has 4 aliphatic rings. The van der Waals surface area contributed by atoms with E-state index in [-0.39, 0.29) is 36.8 Å². The van der Waals surface area contributed by atoms with Crippen molar-refractivity contribution in [3.63, 3.8) is 0 Å². The molecule has 4 amide bonds. The number of hydrogen-bond acceptors (Lipinski definition) is 5. The summed E-state index contributed by atoms with van der Waals surface area (Å²) in [4.78, 5) is 51.8. The first kappa shape index (κ1) is 25.3. The van der Waals surface area contributed by atoms with Crippen LogP contribution in [0.2, 0.25) is 0 Å². The predicted octanol–water partition coefficient (Wildman–Crippen LogP) is 0.994. The van der Waals surface area contributed by atoms with Crippen LogP contribution in [0.15, 0.2) is 0 Å². The second-order valence-corrected chi connectivity index (χ2v) is 11.4. The summed E-state index contributed by atoms with van der Waals surface area (Å²) in [6, 6.07) is -1.22. The lowest BCUT2D eigenvalue weighted by atomic mass is 9.85. The van der Waals surface area contributed by atoms with Crippen LogP contribution in [0.25, 0.3) is 0 Å².